The summed E-state index contributed by atoms with van der Waals surface area (Å²) in [5.74, 6) is 0. The Morgan fingerprint density at radius 1 is 0.565 bits per heavy atom. The standard InChI is InChI=1S/C21H26N2/c1-14-7-18(5)20(9-16(14)3)11-22-13-23-12-21-10-17(4)15(2)8-19(21)6/h7-12H,13H2,1-6H3. The molecule has 0 amide bonds. The maximum atomic E-state index is 4.44. The third-order valence-electron chi connectivity index (χ3n) is 4.39. The van der Waals surface area contributed by atoms with Gasteiger partial charge in [0.05, 0.1) is 0 Å². The summed E-state index contributed by atoms with van der Waals surface area (Å²) in [6.45, 7) is 13.2. The van der Waals surface area contributed by atoms with Crippen molar-refractivity contribution < 1.29 is 0 Å². The SMILES string of the molecule is Cc1cc(C)c(C=NCN=Cc2cc(C)c(C)cc2C)cc1C. The van der Waals surface area contributed by atoms with Gasteiger partial charge in [0.1, 0.15) is 6.67 Å². The molecule has 23 heavy (non-hydrogen) atoms. The minimum absolute atomic E-state index is 0.457. The van der Waals surface area contributed by atoms with Crippen LogP contribution in [0.15, 0.2) is 34.3 Å². The number of aryl methyl sites for hydroxylation is 6. The molecule has 0 aromatic heterocycles. The summed E-state index contributed by atoms with van der Waals surface area (Å²) in [6, 6.07) is 8.79. The molecule has 0 aliphatic heterocycles. The molecule has 0 bridgehead atoms. The Balaban J connectivity index is 2.05. The van der Waals surface area contributed by atoms with E-state index in [0.717, 1.165) is 0 Å². The average molecular weight is 306 g/mol. The molecule has 2 nitrogen and oxygen atoms in total. The van der Waals surface area contributed by atoms with Crippen LogP contribution in [0.5, 0.6) is 0 Å². The van der Waals surface area contributed by atoms with Gasteiger partial charge in [-0.05, 0) is 98.2 Å². The molecule has 0 saturated carbocycles. The zero-order valence-corrected chi connectivity index (χ0v) is 15.1. The van der Waals surface area contributed by atoms with Gasteiger partial charge in [-0.2, -0.15) is 0 Å². The summed E-state index contributed by atoms with van der Waals surface area (Å²) in [6.07, 6.45) is 3.85. The molecule has 0 saturated heterocycles. The lowest BCUT2D eigenvalue weighted by molar-refractivity contribution is 1.08. The summed E-state index contributed by atoms with van der Waals surface area (Å²) in [4.78, 5) is 8.87. The van der Waals surface area contributed by atoms with Gasteiger partial charge in [-0.1, -0.05) is 12.1 Å². The highest BCUT2D eigenvalue weighted by atomic mass is 14.9. The van der Waals surface area contributed by atoms with E-state index in [1.165, 1.54) is 44.5 Å². The smallest absolute Gasteiger partial charge is 0.129 e. The van der Waals surface area contributed by atoms with E-state index in [0.29, 0.717) is 6.67 Å². The van der Waals surface area contributed by atoms with Gasteiger partial charge in [0.2, 0.25) is 0 Å². The van der Waals surface area contributed by atoms with Gasteiger partial charge in [0.25, 0.3) is 0 Å². The van der Waals surface area contributed by atoms with E-state index in [9.17, 15) is 0 Å². The van der Waals surface area contributed by atoms with Crippen LogP contribution in [0.1, 0.15) is 44.5 Å². The van der Waals surface area contributed by atoms with E-state index in [-0.39, 0.29) is 0 Å². The van der Waals surface area contributed by atoms with Crippen LogP contribution >= 0.6 is 0 Å². The first-order valence-corrected chi connectivity index (χ1v) is 8.04. The largest absolute Gasteiger partial charge is 0.269 e. The molecule has 0 fully saturated rings. The Kier molecular flexibility index (Phi) is 5.49. The number of aliphatic imine (C=N–C) groups is 2. The van der Waals surface area contributed by atoms with Gasteiger partial charge < -0.3 is 0 Å². The molecule has 0 heterocycles. The van der Waals surface area contributed by atoms with Gasteiger partial charge in [0, 0.05) is 12.4 Å². The monoisotopic (exact) mass is 306 g/mol. The number of rotatable bonds is 4. The lowest BCUT2D eigenvalue weighted by Gasteiger charge is -2.06. The van der Waals surface area contributed by atoms with Crippen LogP contribution in [0.2, 0.25) is 0 Å². The third-order valence-corrected chi connectivity index (χ3v) is 4.39. The summed E-state index contributed by atoms with van der Waals surface area (Å²) in [5, 5.41) is 0. The van der Waals surface area contributed by atoms with Crippen LogP contribution in [-0.4, -0.2) is 19.1 Å². The zero-order chi connectivity index (χ0) is 17.0. The van der Waals surface area contributed by atoms with Crippen molar-refractivity contribution in [3.8, 4) is 0 Å². The summed E-state index contributed by atoms with van der Waals surface area (Å²) >= 11 is 0. The van der Waals surface area contributed by atoms with E-state index in [4.69, 9.17) is 0 Å². The van der Waals surface area contributed by atoms with E-state index < -0.39 is 0 Å². The van der Waals surface area contributed by atoms with Crippen LogP contribution in [0.3, 0.4) is 0 Å². The maximum Gasteiger partial charge on any atom is 0.129 e. The van der Waals surface area contributed by atoms with Gasteiger partial charge >= 0.3 is 0 Å². The third kappa shape index (κ3) is 4.38. The fourth-order valence-corrected chi connectivity index (χ4v) is 2.57. The second-order valence-corrected chi connectivity index (χ2v) is 6.35. The van der Waals surface area contributed by atoms with Crippen molar-refractivity contribution in [3.05, 3.63) is 68.8 Å². The Bertz CT molecular complexity index is 702. The van der Waals surface area contributed by atoms with Crippen LogP contribution in [0.4, 0.5) is 0 Å². The first-order valence-electron chi connectivity index (χ1n) is 8.04. The van der Waals surface area contributed by atoms with Gasteiger partial charge in [-0.25, -0.2) is 0 Å². The molecule has 120 valence electrons. The quantitative estimate of drug-likeness (QED) is 0.708. The summed E-state index contributed by atoms with van der Waals surface area (Å²) in [7, 11) is 0. The van der Waals surface area contributed by atoms with Crippen LogP contribution in [0.25, 0.3) is 0 Å². The molecule has 2 heteroatoms. The van der Waals surface area contributed by atoms with E-state index in [2.05, 4.69) is 75.8 Å². The van der Waals surface area contributed by atoms with Crippen molar-refractivity contribution in [1.82, 2.24) is 0 Å². The highest BCUT2D eigenvalue weighted by molar-refractivity contribution is 5.83. The zero-order valence-electron chi connectivity index (χ0n) is 15.1. The summed E-state index contributed by atoms with van der Waals surface area (Å²) in [5.41, 5.74) is 10.1. The van der Waals surface area contributed by atoms with E-state index >= 15 is 0 Å². The molecule has 2 aromatic rings. The number of benzene rings is 2. The van der Waals surface area contributed by atoms with Crippen molar-refractivity contribution in [1.29, 1.82) is 0 Å². The second-order valence-electron chi connectivity index (χ2n) is 6.35. The number of nitrogens with zero attached hydrogens (tertiary/aromatic N) is 2. The fourth-order valence-electron chi connectivity index (χ4n) is 2.57. The Labute approximate surface area is 140 Å². The Morgan fingerprint density at radius 2 is 0.913 bits per heavy atom. The van der Waals surface area contributed by atoms with Crippen molar-refractivity contribution in [2.75, 3.05) is 6.67 Å². The van der Waals surface area contributed by atoms with Crippen molar-refractivity contribution in [2.24, 2.45) is 9.98 Å². The second kappa shape index (κ2) is 7.36. The first-order chi connectivity index (χ1) is 10.9. The van der Waals surface area contributed by atoms with Crippen LogP contribution < -0.4 is 0 Å². The molecule has 0 radical (unpaired) electrons. The van der Waals surface area contributed by atoms with Crippen molar-refractivity contribution >= 4 is 12.4 Å². The molecular formula is C21H26N2. The van der Waals surface area contributed by atoms with Crippen LogP contribution in [0, 0.1) is 41.5 Å². The molecule has 0 aliphatic carbocycles. The predicted octanol–water partition coefficient (Wildman–Crippen LogP) is 5.03. The van der Waals surface area contributed by atoms with Crippen LogP contribution in [-0.2, 0) is 0 Å². The molecule has 0 unspecified atom stereocenters. The average Bonchev–Trinajstić information content (AvgIpc) is 2.49. The predicted molar refractivity (Wildman–Crippen MR) is 101 cm³/mol. The molecule has 0 N–H and O–H groups in total. The van der Waals surface area contributed by atoms with E-state index in [1.54, 1.807) is 0 Å². The minimum atomic E-state index is 0.457. The highest BCUT2D eigenvalue weighted by Crippen LogP contribution is 2.14. The van der Waals surface area contributed by atoms with Gasteiger partial charge in [-0.15, -0.1) is 0 Å². The lowest BCUT2D eigenvalue weighted by atomic mass is 10.0. The lowest BCUT2D eigenvalue weighted by Crippen LogP contribution is -1.93. The van der Waals surface area contributed by atoms with Gasteiger partial charge in [0.15, 0.2) is 0 Å². The Hall–Kier alpha value is -2.22. The molecule has 0 spiro atoms. The topological polar surface area (TPSA) is 24.7 Å². The van der Waals surface area contributed by atoms with E-state index in [1.807, 2.05) is 12.4 Å². The molecule has 2 rings (SSSR count). The molecular weight excluding hydrogens is 280 g/mol. The number of hydrogen-bond acceptors (Lipinski definition) is 2. The molecule has 2 aromatic carbocycles. The Morgan fingerprint density at radius 3 is 1.30 bits per heavy atom. The fraction of sp³-hybridized carbons (Fsp3) is 0.333. The first kappa shape index (κ1) is 17.1. The molecule has 0 atom stereocenters. The summed E-state index contributed by atoms with van der Waals surface area (Å²) < 4.78 is 0. The number of hydrogen-bond donors (Lipinski definition) is 0. The van der Waals surface area contributed by atoms with Crippen molar-refractivity contribution in [2.45, 2.75) is 41.5 Å². The highest BCUT2D eigenvalue weighted by Gasteiger charge is 2.00. The maximum absolute atomic E-state index is 4.44. The van der Waals surface area contributed by atoms with Crippen molar-refractivity contribution in [3.63, 3.8) is 0 Å². The molecule has 0 aliphatic rings. The normalized spacial score (nSPS) is 11.7. The minimum Gasteiger partial charge on any atom is -0.269 e. The van der Waals surface area contributed by atoms with Gasteiger partial charge in [-0.3, -0.25) is 9.98 Å².